The van der Waals surface area contributed by atoms with Crippen molar-refractivity contribution in [1.82, 2.24) is 10.6 Å². The Labute approximate surface area is 163 Å². The first-order valence-electron chi connectivity index (χ1n) is 8.40. The van der Waals surface area contributed by atoms with Crippen molar-refractivity contribution in [1.29, 1.82) is 0 Å². The Morgan fingerprint density at radius 1 is 1.11 bits per heavy atom. The summed E-state index contributed by atoms with van der Waals surface area (Å²) in [6, 6.07) is 14.4. The normalized spacial score (nSPS) is 16.3. The monoisotopic (exact) mass is 383 g/mol. The molecule has 1 atom stereocenters. The highest BCUT2D eigenvalue weighted by atomic mass is 32.1. The van der Waals surface area contributed by atoms with Gasteiger partial charge in [0.2, 0.25) is 0 Å². The van der Waals surface area contributed by atoms with E-state index in [0.29, 0.717) is 33.6 Å². The quantitative estimate of drug-likeness (QED) is 0.689. The zero-order valence-corrected chi connectivity index (χ0v) is 16.1. The predicted molar refractivity (Wildman–Crippen MR) is 109 cm³/mol. The Hall–Kier alpha value is -3.06. The summed E-state index contributed by atoms with van der Waals surface area (Å²) in [5.74, 6) is 1.06. The van der Waals surface area contributed by atoms with Crippen molar-refractivity contribution in [3.63, 3.8) is 0 Å². The molecule has 0 spiro atoms. The number of rotatable bonds is 5. The lowest BCUT2D eigenvalue weighted by Gasteiger charge is -2.30. The highest BCUT2D eigenvalue weighted by Gasteiger charge is 2.30. The molecule has 0 aliphatic carbocycles. The van der Waals surface area contributed by atoms with Crippen LogP contribution in [0.4, 0.5) is 5.69 Å². The second-order valence-corrected chi connectivity index (χ2v) is 6.41. The summed E-state index contributed by atoms with van der Waals surface area (Å²) in [4.78, 5) is 13.1. The van der Waals surface area contributed by atoms with Crippen LogP contribution < -0.4 is 25.4 Å². The van der Waals surface area contributed by atoms with E-state index in [0.717, 1.165) is 5.56 Å². The molecule has 3 rings (SSSR count). The van der Waals surface area contributed by atoms with Crippen molar-refractivity contribution in [2.45, 2.75) is 13.0 Å². The fourth-order valence-corrected chi connectivity index (χ4v) is 3.27. The second-order valence-electron chi connectivity index (χ2n) is 6.00. The molecule has 1 amide bonds. The molecule has 1 aliphatic heterocycles. The molecule has 0 saturated heterocycles. The number of ether oxygens (including phenoxy) is 2. The van der Waals surface area contributed by atoms with Gasteiger partial charge in [0.05, 0.1) is 31.5 Å². The van der Waals surface area contributed by atoms with Crippen molar-refractivity contribution >= 4 is 28.9 Å². The van der Waals surface area contributed by atoms with Gasteiger partial charge in [-0.15, -0.1) is 0 Å². The van der Waals surface area contributed by atoms with Gasteiger partial charge in [0.15, 0.2) is 5.11 Å². The summed E-state index contributed by atoms with van der Waals surface area (Å²) in [7, 11) is 3.17. The molecule has 0 unspecified atom stereocenters. The minimum Gasteiger partial charge on any atom is -0.497 e. The van der Waals surface area contributed by atoms with E-state index >= 15 is 0 Å². The van der Waals surface area contributed by atoms with E-state index in [2.05, 4.69) is 16.0 Å². The van der Waals surface area contributed by atoms with Gasteiger partial charge in [-0.2, -0.15) is 0 Å². The highest BCUT2D eigenvalue weighted by molar-refractivity contribution is 7.80. The largest absolute Gasteiger partial charge is 0.497 e. The lowest BCUT2D eigenvalue weighted by Crippen LogP contribution is -2.45. The van der Waals surface area contributed by atoms with Gasteiger partial charge in [-0.1, -0.05) is 24.3 Å². The summed E-state index contributed by atoms with van der Waals surface area (Å²) < 4.78 is 10.6. The number of carbonyl (C=O) groups is 1. The number of carbonyl (C=O) groups excluding carboxylic acids is 1. The van der Waals surface area contributed by atoms with Crippen LogP contribution in [0.1, 0.15) is 18.5 Å². The molecular formula is C20H21N3O3S. The fraction of sp³-hybridized carbons (Fsp3) is 0.200. The van der Waals surface area contributed by atoms with Crippen LogP contribution in [0.5, 0.6) is 11.5 Å². The van der Waals surface area contributed by atoms with E-state index in [1.165, 1.54) is 0 Å². The van der Waals surface area contributed by atoms with Gasteiger partial charge in [0.1, 0.15) is 11.5 Å². The molecule has 27 heavy (non-hydrogen) atoms. The average Bonchev–Trinajstić information content (AvgIpc) is 2.67. The van der Waals surface area contributed by atoms with Crippen molar-refractivity contribution in [2.24, 2.45) is 0 Å². The Morgan fingerprint density at radius 3 is 2.63 bits per heavy atom. The first-order valence-corrected chi connectivity index (χ1v) is 8.81. The van der Waals surface area contributed by atoms with Crippen LogP contribution in [-0.2, 0) is 4.79 Å². The van der Waals surface area contributed by atoms with E-state index in [1.807, 2.05) is 43.3 Å². The van der Waals surface area contributed by atoms with E-state index in [9.17, 15) is 4.79 Å². The number of hydrogen-bond acceptors (Lipinski definition) is 4. The third-order valence-corrected chi connectivity index (χ3v) is 4.52. The number of anilines is 1. The fourth-order valence-electron chi connectivity index (χ4n) is 3.00. The van der Waals surface area contributed by atoms with Crippen LogP contribution in [-0.4, -0.2) is 25.2 Å². The molecule has 0 bridgehead atoms. The van der Waals surface area contributed by atoms with Gasteiger partial charge >= 0.3 is 0 Å². The number of para-hydroxylation sites is 2. The first kappa shape index (κ1) is 18.7. The van der Waals surface area contributed by atoms with E-state index in [4.69, 9.17) is 21.7 Å². The number of hydrogen-bond donors (Lipinski definition) is 3. The highest BCUT2D eigenvalue weighted by Crippen LogP contribution is 2.31. The molecule has 140 valence electrons. The van der Waals surface area contributed by atoms with Crippen LogP contribution in [0, 0.1) is 0 Å². The Kier molecular flexibility index (Phi) is 5.61. The van der Waals surface area contributed by atoms with Gasteiger partial charge in [0, 0.05) is 5.70 Å². The number of benzene rings is 2. The number of methoxy groups -OCH3 is 2. The Bertz CT molecular complexity index is 911. The summed E-state index contributed by atoms with van der Waals surface area (Å²) in [6.07, 6.45) is 0. The zero-order valence-electron chi connectivity index (χ0n) is 15.3. The molecule has 0 radical (unpaired) electrons. The third kappa shape index (κ3) is 4.03. The molecular weight excluding hydrogens is 362 g/mol. The van der Waals surface area contributed by atoms with Crippen LogP contribution in [0.15, 0.2) is 59.8 Å². The molecule has 2 aromatic rings. The molecule has 0 aromatic heterocycles. The SMILES string of the molecule is COc1cccc([C@@H]2NC(=S)NC(C)=C2C(=O)Nc2ccccc2OC)c1. The minimum atomic E-state index is -0.399. The van der Waals surface area contributed by atoms with Crippen LogP contribution >= 0.6 is 12.2 Å². The minimum absolute atomic E-state index is 0.243. The van der Waals surface area contributed by atoms with Crippen molar-refractivity contribution in [3.05, 3.63) is 65.4 Å². The number of nitrogens with one attached hydrogen (secondary N) is 3. The van der Waals surface area contributed by atoms with Crippen LogP contribution in [0.3, 0.4) is 0 Å². The van der Waals surface area contributed by atoms with Crippen LogP contribution in [0.2, 0.25) is 0 Å². The maximum absolute atomic E-state index is 13.1. The number of amides is 1. The average molecular weight is 383 g/mol. The van der Waals surface area contributed by atoms with Gasteiger partial charge in [-0.05, 0) is 49.0 Å². The third-order valence-electron chi connectivity index (χ3n) is 4.30. The van der Waals surface area contributed by atoms with E-state index in [-0.39, 0.29) is 5.91 Å². The molecule has 0 fully saturated rings. The van der Waals surface area contributed by atoms with Gasteiger partial charge in [-0.25, -0.2) is 0 Å². The molecule has 1 heterocycles. The molecule has 2 aromatic carbocycles. The van der Waals surface area contributed by atoms with Crippen molar-refractivity contribution in [3.8, 4) is 11.5 Å². The Morgan fingerprint density at radius 2 is 1.89 bits per heavy atom. The standard InChI is InChI=1S/C20H21N3O3S/c1-12-17(19(24)22-15-9-4-5-10-16(15)26-3)18(23-20(27)21-12)13-7-6-8-14(11-13)25-2/h4-11,18H,1-3H3,(H,22,24)(H2,21,23,27)/t18-/m0/s1. The number of thiocarbonyl (C=S) groups is 1. The predicted octanol–water partition coefficient (Wildman–Crippen LogP) is 3.14. The van der Waals surface area contributed by atoms with Crippen LogP contribution in [0.25, 0.3) is 0 Å². The summed E-state index contributed by atoms with van der Waals surface area (Å²) in [5, 5.41) is 9.60. The lowest BCUT2D eigenvalue weighted by molar-refractivity contribution is -0.113. The van der Waals surface area contributed by atoms with Gasteiger partial charge < -0.3 is 25.4 Å². The maximum atomic E-state index is 13.1. The topological polar surface area (TPSA) is 71.6 Å². The molecule has 6 nitrogen and oxygen atoms in total. The molecule has 3 N–H and O–H groups in total. The molecule has 1 aliphatic rings. The number of allylic oxidation sites excluding steroid dienone is 1. The maximum Gasteiger partial charge on any atom is 0.255 e. The molecule has 7 heteroatoms. The Balaban J connectivity index is 1.97. The zero-order chi connectivity index (χ0) is 19.4. The van der Waals surface area contributed by atoms with Crippen molar-refractivity contribution < 1.29 is 14.3 Å². The summed E-state index contributed by atoms with van der Waals surface area (Å²) in [6.45, 7) is 1.83. The van der Waals surface area contributed by atoms with Crippen molar-refractivity contribution in [2.75, 3.05) is 19.5 Å². The molecule has 0 saturated carbocycles. The summed E-state index contributed by atoms with van der Waals surface area (Å²) in [5.41, 5.74) is 2.72. The lowest BCUT2D eigenvalue weighted by atomic mass is 9.94. The van der Waals surface area contributed by atoms with E-state index < -0.39 is 6.04 Å². The van der Waals surface area contributed by atoms with Gasteiger partial charge in [-0.3, -0.25) is 4.79 Å². The second kappa shape index (κ2) is 8.09. The van der Waals surface area contributed by atoms with E-state index in [1.54, 1.807) is 26.4 Å². The van der Waals surface area contributed by atoms with Gasteiger partial charge in [0.25, 0.3) is 5.91 Å². The first-order chi connectivity index (χ1) is 13.0. The summed E-state index contributed by atoms with van der Waals surface area (Å²) >= 11 is 5.29. The smallest absolute Gasteiger partial charge is 0.255 e.